The molecule has 4 rings (SSSR count). The van der Waals surface area contributed by atoms with E-state index in [1.807, 2.05) is 34.6 Å². The van der Waals surface area contributed by atoms with Crippen LogP contribution in [0.3, 0.4) is 0 Å². The zero-order valence-electron chi connectivity index (χ0n) is 29.3. The summed E-state index contributed by atoms with van der Waals surface area (Å²) in [6.45, 7) is 14.7. The number of guanidine groups is 2. The standard InChI is InChI=1S/C14H19N5O4S.C14H21N5O2S.C2H3O.Fe.H2O/c1-4-15-13(18-10-14(2,3)9-16-18)17-24(22,23)12-7-5-6-11(8-12)19(20)21;1-4-16-13(19-10-14(2,3)9-17-19)18-22(20,21)12-7-5-6-11(15)8-12;1-2-3;;/h5-9H,4,10H2,1-3H3,(H,15,17);5-9H,4,10,15H2,1-3H3,(H,16,18);1H3;;1H2/q;;-1;;. The maximum absolute atomic E-state index is 12.5. The summed E-state index contributed by atoms with van der Waals surface area (Å²) in [4.78, 5) is 27.1. The van der Waals surface area contributed by atoms with Gasteiger partial charge < -0.3 is 16.0 Å². The molecular weight excluding hydrogens is 748 g/mol. The van der Waals surface area contributed by atoms with Gasteiger partial charge in [0.15, 0.2) is 0 Å². The van der Waals surface area contributed by atoms with Crippen molar-refractivity contribution in [2.75, 3.05) is 31.9 Å². The Morgan fingerprint density at radius 1 is 0.882 bits per heavy atom. The number of carbonyl (C=O) groups excluding carboxylic acids is 1. The molecule has 0 spiro atoms. The number of nitrogens with two attached hydrogens (primary N) is 1. The molecule has 2 aliphatic rings. The molecule has 0 saturated carbocycles. The molecule has 2 aromatic rings. The topological polar surface area (TPSA) is 266 Å². The van der Waals surface area contributed by atoms with Crippen LogP contribution in [0.1, 0.15) is 48.5 Å². The average molecular weight is 794 g/mol. The Morgan fingerprint density at radius 2 is 1.27 bits per heavy atom. The Kier molecular flexibility index (Phi) is 18.1. The van der Waals surface area contributed by atoms with Gasteiger partial charge in [0, 0.05) is 71.2 Å². The van der Waals surface area contributed by atoms with E-state index in [9.17, 15) is 26.9 Å². The van der Waals surface area contributed by atoms with E-state index in [2.05, 4.69) is 29.6 Å². The number of benzene rings is 2. The molecule has 284 valence electrons. The van der Waals surface area contributed by atoms with Gasteiger partial charge in [-0.05, 0) is 38.1 Å². The van der Waals surface area contributed by atoms with E-state index >= 15 is 0 Å². The van der Waals surface area contributed by atoms with E-state index in [0.29, 0.717) is 31.9 Å². The monoisotopic (exact) mass is 793 g/mol. The molecule has 2 heterocycles. The van der Waals surface area contributed by atoms with E-state index in [0.717, 1.165) is 6.07 Å². The summed E-state index contributed by atoms with van der Waals surface area (Å²) in [6, 6.07) is 11.0. The fourth-order valence-electron chi connectivity index (χ4n) is 4.08. The van der Waals surface area contributed by atoms with Crippen molar-refractivity contribution in [2.45, 2.75) is 58.3 Å². The van der Waals surface area contributed by atoms with Crippen molar-refractivity contribution in [1.82, 2.24) is 19.5 Å². The summed E-state index contributed by atoms with van der Waals surface area (Å²) >= 11 is 0. The number of sulfonamides is 2. The second-order valence-electron chi connectivity index (χ2n) is 11.9. The van der Waals surface area contributed by atoms with Crippen molar-refractivity contribution in [3.05, 3.63) is 58.6 Å². The maximum Gasteiger partial charge on any atom is 0.270 e. The molecule has 0 unspecified atom stereocenters. The van der Waals surface area contributed by atoms with Gasteiger partial charge in [-0.1, -0.05) is 39.8 Å². The van der Waals surface area contributed by atoms with Crippen molar-refractivity contribution in [3.63, 3.8) is 0 Å². The molecule has 0 fully saturated rings. The number of nitrogens with one attached hydrogen (secondary N) is 2. The zero-order chi connectivity index (χ0) is 37.0. The van der Waals surface area contributed by atoms with E-state index in [-0.39, 0.29) is 60.8 Å². The second kappa shape index (κ2) is 19.8. The maximum atomic E-state index is 12.5. The molecule has 0 aliphatic carbocycles. The van der Waals surface area contributed by atoms with Gasteiger partial charge >= 0.3 is 0 Å². The quantitative estimate of drug-likeness (QED) is 0.0699. The summed E-state index contributed by atoms with van der Waals surface area (Å²) in [7, 11) is -7.77. The first-order chi connectivity index (χ1) is 22.8. The number of hydrogen-bond donors (Lipinski definition) is 3. The summed E-state index contributed by atoms with van der Waals surface area (Å²) in [5.74, 6) is 0.303. The molecule has 6 N–H and O–H groups in total. The van der Waals surface area contributed by atoms with Crippen LogP contribution < -0.4 is 15.2 Å². The first-order valence-electron chi connectivity index (χ1n) is 15.0. The van der Waals surface area contributed by atoms with Crippen molar-refractivity contribution >= 4 is 62.1 Å². The third kappa shape index (κ3) is 14.4. The van der Waals surface area contributed by atoms with Gasteiger partial charge in [-0.2, -0.15) is 17.1 Å². The van der Waals surface area contributed by atoms with Crippen LogP contribution in [0.5, 0.6) is 0 Å². The van der Waals surface area contributed by atoms with Crippen molar-refractivity contribution in [1.29, 1.82) is 0 Å². The van der Waals surface area contributed by atoms with Crippen LogP contribution >= 0.6 is 0 Å². The molecular formula is C30H45FeN10O8S2-. The predicted molar refractivity (Wildman–Crippen MR) is 193 cm³/mol. The molecule has 0 bridgehead atoms. The molecule has 0 aromatic heterocycles. The molecule has 0 radical (unpaired) electrons. The molecule has 2 aliphatic heterocycles. The van der Waals surface area contributed by atoms with Gasteiger partial charge in [0.2, 0.25) is 11.9 Å². The molecule has 18 nitrogen and oxygen atoms in total. The number of nitrogens with zero attached hydrogens (tertiary/aromatic N) is 7. The van der Waals surface area contributed by atoms with Crippen LogP contribution in [0, 0.1) is 20.9 Å². The number of hydrazone groups is 2. The Hall–Kier alpha value is -4.43. The van der Waals surface area contributed by atoms with Gasteiger partial charge in [-0.25, -0.2) is 36.3 Å². The Morgan fingerprint density at radius 3 is 1.61 bits per heavy atom. The summed E-state index contributed by atoms with van der Waals surface area (Å²) < 4.78 is 54.8. The van der Waals surface area contributed by atoms with Crippen LogP contribution in [0.25, 0.3) is 0 Å². The normalized spacial score (nSPS) is 16.0. The first-order valence-corrected chi connectivity index (χ1v) is 17.9. The number of aliphatic imine (C=N–C) groups is 2. The molecule has 0 atom stereocenters. The van der Waals surface area contributed by atoms with Gasteiger partial charge in [-0.15, -0.1) is 0 Å². The number of nitrogen functional groups attached to an aromatic ring is 1. The Bertz CT molecular complexity index is 1830. The minimum atomic E-state index is -4.01. The number of hydrogen-bond acceptors (Lipinski definition) is 12. The molecule has 21 heteroatoms. The summed E-state index contributed by atoms with van der Waals surface area (Å²) in [5.41, 5.74) is 5.40. The second-order valence-corrected chi connectivity index (χ2v) is 15.3. The SMILES string of the molecule is CCN=C(NS(=O)(=O)c1cccc(N)c1)N1CC(C)(C)C=N1.CCN=C(NS(=O)(=O)c1cccc([N+](=O)[O-])c1)N1CC(C)(C)C=N1.C[C-]=O.O.[Fe]. The van der Waals surface area contributed by atoms with E-state index < -0.39 is 25.0 Å². The number of nitro groups is 1. The average Bonchev–Trinajstić information content (AvgIpc) is 3.57. The molecule has 51 heavy (non-hydrogen) atoms. The van der Waals surface area contributed by atoms with Crippen LogP contribution in [-0.2, 0) is 41.9 Å². The van der Waals surface area contributed by atoms with Crippen LogP contribution in [0.15, 0.2) is 78.5 Å². The molecule has 0 amide bonds. The van der Waals surface area contributed by atoms with Gasteiger partial charge in [0.1, 0.15) is 0 Å². The number of rotatable bonds is 7. The smallest absolute Gasteiger partial charge is 0.270 e. The number of non-ortho nitro benzene ring substituents is 1. The van der Waals surface area contributed by atoms with E-state index in [1.165, 1.54) is 48.6 Å². The van der Waals surface area contributed by atoms with E-state index in [4.69, 9.17) is 10.5 Å². The number of anilines is 1. The number of nitro benzene ring substituents is 1. The Labute approximate surface area is 309 Å². The molecule has 2 aromatic carbocycles. The largest absolute Gasteiger partial charge is 0.542 e. The van der Waals surface area contributed by atoms with Crippen LogP contribution in [0.4, 0.5) is 11.4 Å². The van der Waals surface area contributed by atoms with Crippen molar-refractivity contribution < 1.29 is 49.1 Å². The predicted octanol–water partition coefficient (Wildman–Crippen LogP) is 2.12. The minimum Gasteiger partial charge on any atom is -0.542 e. The first kappa shape index (κ1) is 46.6. The zero-order valence-corrected chi connectivity index (χ0v) is 32.1. The third-order valence-electron chi connectivity index (χ3n) is 6.27. The van der Waals surface area contributed by atoms with Crippen LogP contribution in [0.2, 0.25) is 0 Å². The van der Waals surface area contributed by atoms with Gasteiger partial charge in [-0.3, -0.25) is 26.4 Å². The van der Waals surface area contributed by atoms with Crippen molar-refractivity contribution in [2.24, 2.45) is 31.0 Å². The van der Waals surface area contributed by atoms with E-state index in [1.54, 1.807) is 36.5 Å². The Balaban J connectivity index is 0.000000880. The summed E-state index contributed by atoms with van der Waals surface area (Å²) in [5, 5.41) is 22.3. The molecule has 0 saturated heterocycles. The fraction of sp³-hybridized carbons (Fsp3) is 0.433. The van der Waals surface area contributed by atoms with Crippen LogP contribution in [-0.4, -0.2) is 94.1 Å². The van der Waals surface area contributed by atoms with Gasteiger partial charge in [0.05, 0.1) is 27.8 Å². The minimum absolute atomic E-state index is 0. The fourth-order valence-corrected chi connectivity index (χ4v) is 6.22. The third-order valence-corrected chi connectivity index (χ3v) is 8.92. The van der Waals surface area contributed by atoms with Crippen molar-refractivity contribution in [3.8, 4) is 0 Å². The summed E-state index contributed by atoms with van der Waals surface area (Å²) in [6.07, 6.45) is 5.01. The van der Waals surface area contributed by atoms with Gasteiger partial charge in [0.25, 0.3) is 25.7 Å².